The molecular formula is C18H31ClN2O2. The van der Waals surface area contributed by atoms with Gasteiger partial charge in [0.15, 0.2) is 0 Å². The monoisotopic (exact) mass is 342 g/mol. The molecule has 4 nitrogen and oxygen atoms in total. The second-order valence-corrected chi connectivity index (χ2v) is 6.16. The zero-order chi connectivity index (χ0) is 15.8. The number of rotatable bonds is 8. The van der Waals surface area contributed by atoms with Gasteiger partial charge in [0.2, 0.25) is 0 Å². The number of likely N-dealkylation sites (N-methyl/N-ethyl adjacent to an activating group) is 1. The maximum atomic E-state index is 5.86. The van der Waals surface area contributed by atoms with Crippen molar-refractivity contribution in [2.75, 3.05) is 46.4 Å². The highest BCUT2D eigenvalue weighted by molar-refractivity contribution is 5.85. The number of hydrogen-bond donors (Lipinski definition) is 0. The van der Waals surface area contributed by atoms with Gasteiger partial charge in [-0.3, -0.25) is 0 Å². The first-order valence-corrected chi connectivity index (χ1v) is 8.48. The fourth-order valence-electron chi connectivity index (χ4n) is 2.50. The lowest BCUT2D eigenvalue weighted by molar-refractivity contribution is 0.145. The standard InChI is InChI=1S/C18H30N2O2.ClH/c1-4-16(2)22-18-8-5-7-17(15-18)21-14-6-9-20-12-10-19(3)11-13-20;/h5,7-8,15-16H,4,6,9-14H2,1-3H3;1H. The van der Waals surface area contributed by atoms with Gasteiger partial charge in [-0.25, -0.2) is 0 Å². The van der Waals surface area contributed by atoms with Crippen LogP contribution in [-0.2, 0) is 0 Å². The summed E-state index contributed by atoms with van der Waals surface area (Å²) in [7, 11) is 2.19. The van der Waals surface area contributed by atoms with Crippen LogP contribution in [0.15, 0.2) is 24.3 Å². The van der Waals surface area contributed by atoms with Crippen molar-refractivity contribution in [2.24, 2.45) is 0 Å². The highest BCUT2D eigenvalue weighted by atomic mass is 35.5. The third-order valence-corrected chi connectivity index (χ3v) is 4.20. The van der Waals surface area contributed by atoms with Crippen LogP contribution in [0.5, 0.6) is 11.5 Å². The van der Waals surface area contributed by atoms with Gasteiger partial charge in [-0.2, -0.15) is 0 Å². The second kappa shape index (κ2) is 10.7. The van der Waals surface area contributed by atoms with Crippen molar-refractivity contribution < 1.29 is 9.47 Å². The summed E-state index contributed by atoms with van der Waals surface area (Å²) in [5.74, 6) is 1.80. The van der Waals surface area contributed by atoms with Gasteiger partial charge >= 0.3 is 0 Å². The number of piperazine rings is 1. The predicted molar refractivity (Wildman–Crippen MR) is 98.1 cm³/mol. The quantitative estimate of drug-likeness (QED) is 0.677. The molecule has 1 fully saturated rings. The van der Waals surface area contributed by atoms with Crippen LogP contribution in [0.25, 0.3) is 0 Å². The summed E-state index contributed by atoms with van der Waals surface area (Å²) in [6.45, 7) is 10.8. The van der Waals surface area contributed by atoms with E-state index in [1.165, 1.54) is 26.2 Å². The van der Waals surface area contributed by atoms with E-state index in [0.717, 1.165) is 37.5 Å². The third kappa shape index (κ3) is 7.42. The highest BCUT2D eigenvalue weighted by Crippen LogP contribution is 2.21. The summed E-state index contributed by atoms with van der Waals surface area (Å²) in [4.78, 5) is 4.90. The first-order valence-electron chi connectivity index (χ1n) is 8.48. The van der Waals surface area contributed by atoms with Crippen molar-refractivity contribution in [2.45, 2.75) is 32.8 Å². The van der Waals surface area contributed by atoms with Gasteiger partial charge in [0.1, 0.15) is 11.5 Å². The van der Waals surface area contributed by atoms with E-state index in [1.54, 1.807) is 0 Å². The van der Waals surface area contributed by atoms with E-state index in [9.17, 15) is 0 Å². The average molecular weight is 343 g/mol. The molecule has 5 heteroatoms. The molecule has 1 heterocycles. The highest BCUT2D eigenvalue weighted by Gasteiger charge is 2.12. The molecule has 0 spiro atoms. The molecule has 0 aromatic heterocycles. The van der Waals surface area contributed by atoms with E-state index in [1.807, 2.05) is 24.3 Å². The number of nitrogens with zero attached hydrogens (tertiary/aromatic N) is 2. The Labute approximate surface area is 147 Å². The molecule has 0 amide bonds. The van der Waals surface area contributed by atoms with E-state index in [-0.39, 0.29) is 18.5 Å². The molecule has 1 aliphatic rings. The lowest BCUT2D eigenvalue weighted by atomic mass is 10.3. The molecule has 132 valence electrons. The second-order valence-electron chi connectivity index (χ2n) is 6.16. The van der Waals surface area contributed by atoms with Crippen LogP contribution in [0.4, 0.5) is 0 Å². The first-order chi connectivity index (χ1) is 10.7. The van der Waals surface area contributed by atoms with Crippen LogP contribution in [0.1, 0.15) is 26.7 Å². The minimum absolute atomic E-state index is 0. The molecule has 23 heavy (non-hydrogen) atoms. The van der Waals surface area contributed by atoms with Crippen molar-refractivity contribution in [3.05, 3.63) is 24.3 Å². The summed E-state index contributed by atoms with van der Waals surface area (Å²) >= 11 is 0. The molecule has 0 bridgehead atoms. The van der Waals surface area contributed by atoms with Gasteiger partial charge in [-0.15, -0.1) is 12.4 Å². The molecule has 1 saturated heterocycles. The molecule has 2 rings (SSSR count). The molecule has 0 radical (unpaired) electrons. The Morgan fingerprint density at radius 2 is 1.83 bits per heavy atom. The largest absolute Gasteiger partial charge is 0.493 e. The van der Waals surface area contributed by atoms with Crippen molar-refractivity contribution in [3.8, 4) is 11.5 Å². The van der Waals surface area contributed by atoms with Crippen LogP contribution in [-0.4, -0.2) is 62.3 Å². The molecule has 1 atom stereocenters. The van der Waals surface area contributed by atoms with Crippen LogP contribution < -0.4 is 9.47 Å². The van der Waals surface area contributed by atoms with E-state index < -0.39 is 0 Å². The van der Waals surface area contributed by atoms with Gasteiger partial charge < -0.3 is 19.3 Å². The first kappa shape index (κ1) is 20.1. The van der Waals surface area contributed by atoms with E-state index in [2.05, 4.69) is 30.7 Å². The fraction of sp³-hybridized carbons (Fsp3) is 0.667. The molecule has 1 unspecified atom stereocenters. The van der Waals surface area contributed by atoms with E-state index in [0.29, 0.717) is 0 Å². The lowest BCUT2D eigenvalue weighted by Gasteiger charge is -2.32. The fourth-order valence-corrected chi connectivity index (χ4v) is 2.50. The number of ether oxygens (including phenoxy) is 2. The topological polar surface area (TPSA) is 24.9 Å². The van der Waals surface area contributed by atoms with Crippen molar-refractivity contribution in [1.29, 1.82) is 0 Å². The van der Waals surface area contributed by atoms with Crippen molar-refractivity contribution in [3.63, 3.8) is 0 Å². The van der Waals surface area contributed by atoms with Gasteiger partial charge in [-0.05, 0) is 38.9 Å². The maximum absolute atomic E-state index is 5.86. The molecule has 1 aromatic carbocycles. The Kier molecular flexibility index (Phi) is 9.37. The Balaban J connectivity index is 0.00000264. The normalized spacial score (nSPS) is 17.3. The van der Waals surface area contributed by atoms with Gasteiger partial charge in [0.05, 0.1) is 12.7 Å². The summed E-state index contributed by atoms with van der Waals surface area (Å²) in [5.41, 5.74) is 0. The Hall–Kier alpha value is -0.970. The zero-order valence-electron chi connectivity index (χ0n) is 14.7. The number of hydrogen-bond acceptors (Lipinski definition) is 4. The smallest absolute Gasteiger partial charge is 0.123 e. The van der Waals surface area contributed by atoms with Crippen LogP contribution >= 0.6 is 12.4 Å². The minimum Gasteiger partial charge on any atom is -0.493 e. The Morgan fingerprint density at radius 3 is 2.52 bits per heavy atom. The van der Waals surface area contributed by atoms with Crippen molar-refractivity contribution >= 4 is 12.4 Å². The van der Waals surface area contributed by atoms with Gasteiger partial charge in [0, 0.05) is 38.8 Å². The number of halogens is 1. The van der Waals surface area contributed by atoms with E-state index in [4.69, 9.17) is 9.47 Å². The summed E-state index contributed by atoms with van der Waals surface area (Å²) in [5, 5.41) is 0. The molecule has 1 aromatic rings. The Bertz CT molecular complexity index is 437. The molecule has 1 aliphatic heterocycles. The Morgan fingerprint density at radius 1 is 1.13 bits per heavy atom. The molecular weight excluding hydrogens is 312 g/mol. The van der Waals surface area contributed by atoms with Crippen LogP contribution in [0.3, 0.4) is 0 Å². The molecule has 0 saturated carbocycles. The van der Waals surface area contributed by atoms with Crippen LogP contribution in [0.2, 0.25) is 0 Å². The molecule has 0 aliphatic carbocycles. The summed E-state index contributed by atoms with van der Waals surface area (Å²) in [6, 6.07) is 7.97. The van der Waals surface area contributed by atoms with Crippen molar-refractivity contribution in [1.82, 2.24) is 9.80 Å². The SMILES string of the molecule is CCC(C)Oc1cccc(OCCCN2CCN(C)CC2)c1.Cl. The lowest BCUT2D eigenvalue weighted by Crippen LogP contribution is -2.44. The average Bonchev–Trinajstić information content (AvgIpc) is 2.53. The van der Waals surface area contributed by atoms with Gasteiger partial charge in [-0.1, -0.05) is 13.0 Å². The van der Waals surface area contributed by atoms with E-state index >= 15 is 0 Å². The zero-order valence-corrected chi connectivity index (χ0v) is 15.5. The number of benzene rings is 1. The third-order valence-electron chi connectivity index (χ3n) is 4.20. The summed E-state index contributed by atoms with van der Waals surface area (Å²) < 4.78 is 11.7. The minimum atomic E-state index is 0. The predicted octanol–water partition coefficient (Wildman–Crippen LogP) is 3.30. The summed E-state index contributed by atoms with van der Waals surface area (Å²) in [6.07, 6.45) is 2.32. The molecule has 0 N–H and O–H groups in total. The van der Waals surface area contributed by atoms with Crippen LogP contribution in [0, 0.1) is 0 Å². The maximum Gasteiger partial charge on any atom is 0.123 e. The van der Waals surface area contributed by atoms with Gasteiger partial charge in [0.25, 0.3) is 0 Å².